The number of aromatic nitrogens is 4. The standard InChI is InChI=1S/C24H22BrN7/c1-27-21-9-8-16-7-6-15(10-20(16)30-21)12-31(2)17-4-3-5-18(11-17)32-13-19(25)22-23(26)28-14-29-24(22)32/h3-11,13-14H,12H2,1-2H3,(H,27,30)(H2,26,28,29). The molecular formula is C24H22BrN7. The van der Waals surface area contributed by atoms with Gasteiger partial charge in [-0.25, -0.2) is 15.0 Å². The van der Waals surface area contributed by atoms with Crippen LogP contribution in [0, 0.1) is 0 Å². The summed E-state index contributed by atoms with van der Waals surface area (Å²) in [6, 6.07) is 18.8. The van der Waals surface area contributed by atoms with Crippen LogP contribution in [-0.2, 0) is 6.54 Å². The number of fused-ring (bicyclic) bond motifs is 2. The Morgan fingerprint density at radius 2 is 1.94 bits per heavy atom. The van der Waals surface area contributed by atoms with E-state index in [1.165, 1.54) is 11.9 Å². The van der Waals surface area contributed by atoms with Crippen molar-refractivity contribution in [2.24, 2.45) is 0 Å². The summed E-state index contributed by atoms with van der Waals surface area (Å²) >= 11 is 3.59. The van der Waals surface area contributed by atoms with Crippen LogP contribution in [0.3, 0.4) is 0 Å². The van der Waals surface area contributed by atoms with Crippen molar-refractivity contribution >= 4 is 55.2 Å². The lowest BCUT2D eigenvalue weighted by Crippen LogP contribution is -2.16. The fraction of sp³-hybridized carbons (Fsp3) is 0.125. The van der Waals surface area contributed by atoms with Crippen LogP contribution in [0.25, 0.3) is 27.6 Å². The maximum absolute atomic E-state index is 6.06. The zero-order valence-electron chi connectivity index (χ0n) is 17.7. The predicted molar refractivity (Wildman–Crippen MR) is 134 cm³/mol. The van der Waals surface area contributed by atoms with E-state index < -0.39 is 0 Å². The van der Waals surface area contributed by atoms with E-state index in [2.05, 4.69) is 90.6 Å². The van der Waals surface area contributed by atoms with Gasteiger partial charge < -0.3 is 16.0 Å². The second kappa shape index (κ2) is 8.12. The van der Waals surface area contributed by atoms with E-state index >= 15 is 0 Å². The molecule has 32 heavy (non-hydrogen) atoms. The third kappa shape index (κ3) is 3.62. The molecule has 0 saturated heterocycles. The summed E-state index contributed by atoms with van der Waals surface area (Å²) in [5.41, 5.74) is 11.1. The molecule has 5 aromatic rings. The van der Waals surface area contributed by atoms with Crippen LogP contribution >= 0.6 is 15.9 Å². The molecule has 0 aliphatic heterocycles. The van der Waals surface area contributed by atoms with Gasteiger partial charge in [0.1, 0.15) is 18.0 Å². The molecule has 0 radical (unpaired) electrons. The number of halogens is 1. The fourth-order valence-electron chi connectivity index (χ4n) is 3.88. The van der Waals surface area contributed by atoms with Crippen molar-refractivity contribution in [3.05, 3.63) is 77.2 Å². The molecule has 0 fully saturated rings. The zero-order chi connectivity index (χ0) is 22.2. The van der Waals surface area contributed by atoms with Crippen LogP contribution in [0.5, 0.6) is 0 Å². The molecular weight excluding hydrogens is 466 g/mol. The molecule has 0 amide bonds. The number of anilines is 3. The average molecular weight is 488 g/mol. The van der Waals surface area contributed by atoms with Crippen molar-refractivity contribution in [3.8, 4) is 5.69 Å². The Labute approximate surface area is 194 Å². The van der Waals surface area contributed by atoms with Crippen molar-refractivity contribution in [2.75, 3.05) is 30.0 Å². The van der Waals surface area contributed by atoms with Crippen molar-refractivity contribution in [1.82, 2.24) is 19.5 Å². The van der Waals surface area contributed by atoms with Gasteiger partial charge in [0, 0.05) is 48.1 Å². The second-order valence-electron chi connectivity index (χ2n) is 7.65. The van der Waals surface area contributed by atoms with Crippen LogP contribution in [0.1, 0.15) is 5.56 Å². The lowest BCUT2D eigenvalue weighted by molar-refractivity contribution is 0.921. The number of nitrogen functional groups attached to an aromatic ring is 1. The van der Waals surface area contributed by atoms with Gasteiger partial charge in [-0.2, -0.15) is 0 Å². The number of hydrogen-bond acceptors (Lipinski definition) is 6. The first-order valence-corrected chi connectivity index (χ1v) is 11.0. The normalized spacial score (nSPS) is 11.2. The molecule has 3 N–H and O–H groups in total. The Hall–Kier alpha value is -3.65. The van der Waals surface area contributed by atoms with E-state index in [0.29, 0.717) is 5.82 Å². The number of rotatable bonds is 5. The molecule has 5 rings (SSSR count). The first kappa shape index (κ1) is 20.3. The summed E-state index contributed by atoms with van der Waals surface area (Å²) in [5, 5.41) is 5.04. The largest absolute Gasteiger partial charge is 0.383 e. The minimum atomic E-state index is 0.459. The van der Waals surface area contributed by atoms with Gasteiger partial charge in [-0.05, 0) is 57.9 Å². The van der Waals surface area contributed by atoms with Gasteiger partial charge in [-0.1, -0.05) is 18.2 Å². The molecule has 160 valence electrons. The maximum atomic E-state index is 6.06. The van der Waals surface area contributed by atoms with Crippen LogP contribution in [-0.4, -0.2) is 33.6 Å². The highest BCUT2D eigenvalue weighted by atomic mass is 79.9. The zero-order valence-corrected chi connectivity index (χ0v) is 19.3. The lowest BCUT2D eigenvalue weighted by Gasteiger charge is -2.21. The molecule has 0 spiro atoms. The van der Waals surface area contributed by atoms with E-state index in [0.717, 1.165) is 50.1 Å². The van der Waals surface area contributed by atoms with Gasteiger partial charge in [0.15, 0.2) is 5.65 Å². The van der Waals surface area contributed by atoms with Crippen molar-refractivity contribution in [2.45, 2.75) is 6.54 Å². The van der Waals surface area contributed by atoms with E-state index in [4.69, 9.17) is 5.73 Å². The predicted octanol–water partition coefficient (Wildman–Crippen LogP) is 4.99. The average Bonchev–Trinajstić information content (AvgIpc) is 3.16. The third-order valence-electron chi connectivity index (χ3n) is 5.55. The van der Waals surface area contributed by atoms with Gasteiger partial charge >= 0.3 is 0 Å². The smallest absolute Gasteiger partial charge is 0.151 e. The molecule has 7 nitrogen and oxygen atoms in total. The number of nitrogens with one attached hydrogen (secondary N) is 1. The van der Waals surface area contributed by atoms with Crippen molar-refractivity contribution in [3.63, 3.8) is 0 Å². The number of benzene rings is 2. The summed E-state index contributed by atoms with van der Waals surface area (Å²) < 4.78 is 2.89. The Morgan fingerprint density at radius 3 is 2.78 bits per heavy atom. The second-order valence-corrected chi connectivity index (χ2v) is 8.51. The van der Waals surface area contributed by atoms with Crippen LogP contribution in [0.15, 0.2) is 71.6 Å². The quantitative estimate of drug-likeness (QED) is 0.363. The van der Waals surface area contributed by atoms with Crippen LogP contribution in [0.4, 0.5) is 17.3 Å². The summed E-state index contributed by atoms with van der Waals surface area (Å²) in [7, 11) is 3.97. The first-order valence-electron chi connectivity index (χ1n) is 10.2. The highest BCUT2D eigenvalue weighted by Crippen LogP contribution is 2.31. The topological polar surface area (TPSA) is 84.9 Å². The van der Waals surface area contributed by atoms with Crippen molar-refractivity contribution < 1.29 is 0 Å². The molecule has 8 heteroatoms. The number of nitrogens with two attached hydrogens (primary N) is 1. The molecule has 0 saturated carbocycles. The fourth-order valence-corrected chi connectivity index (χ4v) is 4.47. The molecule has 0 aliphatic rings. The Bertz CT molecular complexity index is 1440. The molecule has 0 aliphatic carbocycles. The lowest BCUT2D eigenvalue weighted by atomic mass is 10.1. The Balaban J connectivity index is 1.46. The molecule has 0 unspecified atom stereocenters. The monoisotopic (exact) mass is 487 g/mol. The van der Waals surface area contributed by atoms with Crippen LogP contribution in [0.2, 0.25) is 0 Å². The molecule has 0 bridgehead atoms. The van der Waals surface area contributed by atoms with Crippen molar-refractivity contribution in [1.29, 1.82) is 0 Å². The summed E-state index contributed by atoms with van der Waals surface area (Å²) in [6.45, 7) is 0.760. The minimum absolute atomic E-state index is 0.459. The van der Waals surface area contributed by atoms with Gasteiger partial charge in [0.2, 0.25) is 0 Å². The van der Waals surface area contributed by atoms with Gasteiger partial charge in [0.25, 0.3) is 0 Å². The van der Waals surface area contributed by atoms with E-state index in [9.17, 15) is 0 Å². The maximum Gasteiger partial charge on any atom is 0.151 e. The highest BCUT2D eigenvalue weighted by molar-refractivity contribution is 9.10. The summed E-state index contributed by atoms with van der Waals surface area (Å²) in [5.74, 6) is 1.32. The summed E-state index contributed by atoms with van der Waals surface area (Å²) in [4.78, 5) is 15.4. The van der Waals surface area contributed by atoms with Crippen LogP contribution < -0.4 is 16.0 Å². The SMILES string of the molecule is CNc1ccc2ccc(CN(C)c3cccc(-n4cc(Br)c5c(N)ncnc54)c3)cc2n1. The van der Waals surface area contributed by atoms with Gasteiger partial charge in [-0.3, -0.25) is 4.57 Å². The molecule has 3 heterocycles. The van der Waals surface area contributed by atoms with E-state index in [-0.39, 0.29) is 0 Å². The van der Waals surface area contributed by atoms with Gasteiger partial charge in [0.05, 0.1) is 10.9 Å². The number of pyridine rings is 1. The van der Waals surface area contributed by atoms with E-state index in [1.807, 2.05) is 29.9 Å². The minimum Gasteiger partial charge on any atom is -0.383 e. The van der Waals surface area contributed by atoms with E-state index in [1.54, 1.807) is 0 Å². The Morgan fingerprint density at radius 1 is 1.09 bits per heavy atom. The Kier molecular flexibility index (Phi) is 5.14. The first-order chi connectivity index (χ1) is 15.5. The number of nitrogens with zero attached hydrogens (tertiary/aromatic N) is 5. The summed E-state index contributed by atoms with van der Waals surface area (Å²) in [6.07, 6.45) is 3.47. The molecule has 0 atom stereocenters. The number of hydrogen-bond donors (Lipinski definition) is 2. The molecule has 2 aromatic carbocycles. The third-order valence-corrected chi connectivity index (χ3v) is 6.15. The van der Waals surface area contributed by atoms with Gasteiger partial charge in [-0.15, -0.1) is 0 Å². The highest BCUT2D eigenvalue weighted by Gasteiger charge is 2.14. The molecule has 3 aromatic heterocycles.